The van der Waals surface area contributed by atoms with E-state index >= 15 is 0 Å². The van der Waals surface area contributed by atoms with Gasteiger partial charge in [-0.2, -0.15) is 0 Å². The van der Waals surface area contributed by atoms with Crippen molar-refractivity contribution in [2.75, 3.05) is 0 Å². The number of unbranched alkanes of at least 4 members (excludes halogenated alkanes) is 24. The summed E-state index contributed by atoms with van der Waals surface area (Å²) in [4.78, 5) is 25.2. The number of ketones is 2. The molecule has 0 saturated carbocycles. The minimum atomic E-state index is -1.36. The molecule has 0 aliphatic heterocycles. The van der Waals surface area contributed by atoms with Gasteiger partial charge in [-0.1, -0.05) is 168 Å². The molecule has 0 fully saturated rings. The summed E-state index contributed by atoms with van der Waals surface area (Å²) in [6, 6.07) is 0. The smallest absolute Gasteiger partial charge is 0.147 e. The summed E-state index contributed by atoms with van der Waals surface area (Å²) in [5.74, 6) is -1.35. The van der Waals surface area contributed by atoms with Crippen molar-refractivity contribution in [3.63, 3.8) is 0 Å². The third-order valence-corrected chi connectivity index (χ3v) is 8.09. The second-order valence-electron chi connectivity index (χ2n) is 11.9. The molecule has 4 heteroatoms. The van der Waals surface area contributed by atoms with Gasteiger partial charge in [-0.3, -0.25) is 9.59 Å². The topological polar surface area (TPSA) is 80.4 Å². The van der Waals surface area contributed by atoms with Crippen LogP contribution in [0.15, 0.2) is 0 Å². The first-order chi connectivity index (χ1) is 18.5. The maximum Gasteiger partial charge on any atom is 0.147 e. The third kappa shape index (κ3) is 24.3. The Morgan fingerprint density at radius 2 is 0.658 bits per heavy atom. The molecule has 0 aliphatic carbocycles. The fraction of sp³-hybridized carbons (Fsp3) is 0.941. The lowest BCUT2D eigenvalue weighted by Crippen LogP contribution is -2.40. The molecule has 0 saturated heterocycles. The second-order valence-corrected chi connectivity index (χ2v) is 11.9. The van der Waals surface area contributed by atoms with E-state index in [-0.39, 0.29) is 11.6 Å². The number of nitrogens with two attached hydrogens (primary N) is 1. The van der Waals surface area contributed by atoms with E-state index in [1.807, 2.05) is 0 Å². The van der Waals surface area contributed by atoms with Crippen LogP contribution in [0, 0.1) is 5.92 Å². The van der Waals surface area contributed by atoms with Crippen LogP contribution in [0.5, 0.6) is 0 Å². The number of hydrogen-bond acceptors (Lipinski definition) is 4. The molecule has 1 atom stereocenters. The van der Waals surface area contributed by atoms with E-state index in [2.05, 4.69) is 13.8 Å². The van der Waals surface area contributed by atoms with Crippen LogP contribution in [-0.4, -0.2) is 22.9 Å². The van der Waals surface area contributed by atoms with Crippen LogP contribution in [-0.2, 0) is 9.59 Å². The molecule has 0 aromatic heterocycles. The van der Waals surface area contributed by atoms with Gasteiger partial charge in [0.1, 0.15) is 23.7 Å². The normalized spacial score (nSPS) is 12.3. The molecular weight excluding hydrogens is 470 g/mol. The largest absolute Gasteiger partial charge is 0.378 e. The molecule has 226 valence electrons. The average molecular weight is 538 g/mol. The monoisotopic (exact) mass is 538 g/mol. The summed E-state index contributed by atoms with van der Waals surface area (Å²) in [6.45, 7) is 4.52. The van der Waals surface area contributed by atoms with Crippen molar-refractivity contribution < 1.29 is 14.7 Å². The van der Waals surface area contributed by atoms with E-state index in [0.717, 1.165) is 38.5 Å². The zero-order valence-corrected chi connectivity index (χ0v) is 25.8. The fourth-order valence-electron chi connectivity index (χ4n) is 5.51. The van der Waals surface area contributed by atoms with E-state index in [1.54, 1.807) is 0 Å². The van der Waals surface area contributed by atoms with Crippen LogP contribution in [0.4, 0.5) is 0 Å². The molecule has 0 aromatic carbocycles. The first kappa shape index (κ1) is 37.3. The molecule has 0 radical (unpaired) electrons. The third-order valence-electron chi connectivity index (χ3n) is 8.09. The number of carbonyl (C=O) groups excluding carboxylic acids is 2. The van der Waals surface area contributed by atoms with Gasteiger partial charge in [-0.05, 0) is 12.8 Å². The number of hydrogen-bond donors (Lipinski definition) is 2. The van der Waals surface area contributed by atoms with Crippen molar-refractivity contribution in [3.05, 3.63) is 0 Å². The van der Waals surface area contributed by atoms with Crippen molar-refractivity contribution >= 4 is 11.6 Å². The van der Waals surface area contributed by atoms with Crippen molar-refractivity contribution in [1.82, 2.24) is 0 Å². The van der Waals surface area contributed by atoms with Gasteiger partial charge in [0.05, 0.1) is 0 Å². The number of carbonyl (C=O) groups is 2. The Morgan fingerprint density at radius 1 is 0.447 bits per heavy atom. The van der Waals surface area contributed by atoms with Crippen LogP contribution < -0.4 is 5.73 Å². The zero-order valence-electron chi connectivity index (χ0n) is 25.8. The van der Waals surface area contributed by atoms with Gasteiger partial charge >= 0.3 is 0 Å². The molecule has 38 heavy (non-hydrogen) atoms. The lowest BCUT2D eigenvalue weighted by molar-refractivity contribution is -0.137. The van der Waals surface area contributed by atoms with Crippen LogP contribution in [0.25, 0.3) is 0 Å². The summed E-state index contributed by atoms with van der Waals surface area (Å²) < 4.78 is 0. The summed E-state index contributed by atoms with van der Waals surface area (Å²) in [7, 11) is 0. The molecule has 0 rings (SSSR count). The zero-order chi connectivity index (χ0) is 28.1. The Morgan fingerprint density at radius 3 is 0.868 bits per heavy atom. The van der Waals surface area contributed by atoms with E-state index in [9.17, 15) is 14.7 Å². The van der Waals surface area contributed by atoms with E-state index in [4.69, 9.17) is 5.73 Å². The molecule has 0 heterocycles. The van der Waals surface area contributed by atoms with Gasteiger partial charge in [0.15, 0.2) is 0 Å². The molecule has 0 aliphatic rings. The van der Waals surface area contributed by atoms with Gasteiger partial charge in [0.25, 0.3) is 0 Å². The Hall–Kier alpha value is -0.740. The Kier molecular flexibility index (Phi) is 28.7. The highest BCUT2D eigenvalue weighted by molar-refractivity contribution is 6.02. The highest BCUT2D eigenvalue weighted by Crippen LogP contribution is 2.18. The summed E-state index contributed by atoms with van der Waals surface area (Å²) in [5, 5.41) is 9.90. The predicted octanol–water partition coefficient (Wildman–Crippen LogP) is 9.98. The molecule has 0 spiro atoms. The van der Waals surface area contributed by atoms with Crippen LogP contribution in [0.1, 0.15) is 194 Å². The summed E-state index contributed by atoms with van der Waals surface area (Å²) in [6.07, 6.45) is 32.1. The van der Waals surface area contributed by atoms with Gasteiger partial charge in [-0.25, -0.2) is 0 Å². The van der Waals surface area contributed by atoms with E-state index in [1.165, 1.54) is 128 Å². The fourth-order valence-corrected chi connectivity index (χ4v) is 5.51. The summed E-state index contributed by atoms with van der Waals surface area (Å²) in [5.41, 5.74) is 5.64. The Balaban J connectivity index is 3.71. The first-order valence-corrected chi connectivity index (χ1v) is 17.0. The molecule has 0 amide bonds. The van der Waals surface area contributed by atoms with Crippen molar-refractivity contribution in [2.24, 2.45) is 11.7 Å². The standard InChI is InChI=1S/C34H67NO3/c1-3-5-7-9-11-13-15-17-19-21-23-25-27-29-31(36)33(34(35)38)32(37)30-28-26-24-22-20-18-16-14-12-10-8-6-4-2/h33-34,38H,3-30,35H2,1-2H3. The number of aliphatic hydroxyl groups excluding tert-OH is 1. The van der Waals surface area contributed by atoms with Crippen molar-refractivity contribution in [2.45, 2.75) is 200 Å². The maximum atomic E-state index is 12.6. The minimum absolute atomic E-state index is 0.164. The summed E-state index contributed by atoms with van der Waals surface area (Å²) >= 11 is 0. The van der Waals surface area contributed by atoms with Crippen LogP contribution in [0.2, 0.25) is 0 Å². The molecule has 1 unspecified atom stereocenters. The lowest BCUT2D eigenvalue weighted by Gasteiger charge is -2.17. The highest BCUT2D eigenvalue weighted by Gasteiger charge is 2.30. The Bertz CT molecular complexity index is 478. The number of rotatable bonds is 31. The second kappa shape index (κ2) is 29.2. The maximum absolute atomic E-state index is 12.6. The average Bonchev–Trinajstić information content (AvgIpc) is 2.89. The molecule has 0 bridgehead atoms. The molecular formula is C34H67NO3. The minimum Gasteiger partial charge on any atom is -0.378 e. The van der Waals surface area contributed by atoms with Gasteiger partial charge in [-0.15, -0.1) is 0 Å². The van der Waals surface area contributed by atoms with Gasteiger partial charge in [0, 0.05) is 12.8 Å². The number of aliphatic hydroxyl groups is 1. The van der Waals surface area contributed by atoms with Crippen LogP contribution in [0.3, 0.4) is 0 Å². The predicted molar refractivity (Wildman–Crippen MR) is 164 cm³/mol. The van der Waals surface area contributed by atoms with Crippen molar-refractivity contribution in [1.29, 1.82) is 0 Å². The highest BCUT2D eigenvalue weighted by atomic mass is 16.3. The molecule has 0 aromatic rings. The quantitative estimate of drug-likeness (QED) is 0.0523. The van der Waals surface area contributed by atoms with Crippen molar-refractivity contribution in [3.8, 4) is 0 Å². The van der Waals surface area contributed by atoms with Crippen LogP contribution >= 0.6 is 0 Å². The number of Topliss-reactive ketones (excluding diaryl/α,β-unsaturated/α-hetero) is 2. The van der Waals surface area contributed by atoms with Gasteiger partial charge in [0.2, 0.25) is 0 Å². The first-order valence-electron chi connectivity index (χ1n) is 17.0. The van der Waals surface area contributed by atoms with Gasteiger partial charge < -0.3 is 10.8 Å². The van der Waals surface area contributed by atoms with E-state index < -0.39 is 12.1 Å². The Labute approximate surface area is 237 Å². The molecule has 4 nitrogen and oxygen atoms in total. The van der Waals surface area contributed by atoms with E-state index in [0.29, 0.717) is 12.8 Å². The SMILES string of the molecule is CCCCCCCCCCCCCCCC(=O)C(C(=O)CCCCCCCCCCCCCCC)C(N)O. The lowest BCUT2D eigenvalue weighted by atomic mass is 9.90. The molecule has 3 N–H and O–H groups in total.